The van der Waals surface area contributed by atoms with Gasteiger partial charge in [0.1, 0.15) is 11.3 Å². The second kappa shape index (κ2) is 10.8. The van der Waals surface area contributed by atoms with Crippen molar-refractivity contribution in [2.45, 2.75) is 6.54 Å². The number of nitrogens with two attached hydrogens (primary N) is 1. The number of pyridine rings is 3. The summed E-state index contributed by atoms with van der Waals surface area (Å²) in [6.45, 7) is 7.41. The lowest BCUT2D eigenvalue weighted by molar-refractivity contribution is -0.127. The number of nitrogen functional groups attached to an aromatic ring is 1. The van der Waals surface area contributed by atoms with Crippen LogP contribution in [0, 0.1) is 0 Å². The lowest BCUT2D eigenvalue weighted by Crippen LogP contribution is -2.47. The van der Waals surface area contributed by atoms with Crippen LogP contribution in [0.1, 0.15) is 5.56 Å². The zero-order valence-electron chi connectivity index (χ0n) is 22.8. The fraction of sp³-hybridized carbons (Fsp3) is 0.194. The highest BCUT2D eigenvalue weighted by Gasteiger charge is 2.21. The van der Waals surface area contributed by atoms with Crippen LogP contribution in [0.5, 0.6) is 0 Å². The summed E-state index contributed by atoms with van der Waals surface area (Å²) >= 11 is 0. The Morgan fingerprint density at radius 3 is 2.49 bits per heavy atom. The molecule has 1 aliphatic heterocycles. The molecule has 5 heterocycles. The lowest BCUT2D eigenvalue weighted by Gasteiger charge is -2.34. The number of fused-ring (bicyclic) bond motifs is 1. The minimum Gasteiger partial charge on any atom is -0.383 e. The predicted molar refractivity (Wildman–Crippen MR) is 159 cm³/mol. The SMILES string of the molecule is C=CC(=O)N1CCN(Cc2ccc(-n3c(-c4cccnc4N)nc4ccc(-c5ccc(=O)n(C)c5)nc43)cc2)CC1. The molecule has 0 radical (unpaired) electrons. The predicted octanol–water partition coefficient (Wildman–Crippen LogP) is 3.26. The monoisotopic (exact) mass is 546 g/mol. The molecule has 4 aromatic heterocycles. The van der Waals surface area contributed by atoms with Crippen LogP contribution in [0.25, 0.3) is 39.5 Å². The van der Waals surface area contributed by atoms with Crippen molar-refractivity contribution in [3.8, 4) is 28.3 Å². The number of carbonyl (C=O) groups excluding carboxylic acids is 1. The van der Waals surface area contributed by atoms with Gasteiger partial charge >= 0.3 is 0 Å². The normalized spacial score (nSPS) is 13.9. The molecular formula is C31H30N8O2. The second-order valence-corrected chi connectivity index (χ2v) is 10.1. The van der Waals surface area contributed by atoms with Gasteiger partial charge in [-0.3, -0.25) is 19.1 Å². The largest absolute Gasteiger partial charge is 0.383 e. The quantitative estimate of drug-likeness (QED) is 0.325. The van der Waals surface area contributed by atoms with Gasteiger partial charge in [0.2, 0.25) is 11.5 Å². The molecule has 10 nitrogen and oxygen atoms in total. The van der Waals surface area contributed by atoms with E-state index in [4.69, 9.17) is 15.7 Å². The summed E-state index contributed by atoms with van der Waals surface area (Å²) in [6.07, 6.45) is 4.81. The second-order valence-electron chi connectivity index (χ2n) is 10.1. The number of anilines is 1. The maximum atomic E-state index is 11.9. The zero-order chi connectivity index (χ0) is 28.5. The Bertz CT molecular complexity index is 1810. The van der Waals surface area contributed by atoms with E-state index in [1.54, 1.807) is 25.5 Å². The molecule has 1 amide bonds. The van der Waals surface area contributed by atoms with Crippen LogP contribution in [0.4, 0.5) is 5.82 Å². The minimum absolute atomic E-state index is 0.0142. The lowest BCUT2D eigenvalue weighted by atomic mass is 10.1. The number of hydrogen-bond donors (Lipinski definition) is 1. The van der Waals surface area contributed by atoms with E-state index in [2.05, 4.69) is 40.7 Å². The van der Waals surface area contributed by atoms with E-state index in [0.717, 1.165) is 36.6 Å². The maximum absolute atomic E-state index is 11.9. The van der Waals surface area contributed by atoms with E-state index in [1.165, 1.54) is 22.3 Å². The molecule has 41 heavy (non-hydrogen) atoms. The summed E-state index contributed by atoms with van der Waals surface area (Å²) in [4.78, 5) is 42.2. The first-order valence-electron chi connectivity index (χ1n) is 13.4. The standard InChI is InChI=1S/C31H30N8O2/c1-3-27(40)38-17-15-37(16-18-38)19-21-6-9-23(10-7-21)39-30(24-5-4-14-33-29(24)32)35-26-12-11-25(34-31(26)39)22-8-13-28(41)36(2)20-22/h3-14,20H,1,15-19H2,2H3,(H2,32,33). The molecule has 0 bridgehead atoms. The smallest absolute Gasteiger partial charge is 0.250 e. The van der Waals surface area contributed by atoms with Gasteiger partial charge in [-0.05, 0) is 54.1 Å². The summed E-state index contributed by atoms with van der Waals surface area (Å²) < 4.78 is 3.54. The fourth-order valence-electron chi connectivity index (χ4n) is 5.16. The Morgan fingerprint density at radius 2 is 1.78 bits per heavy atom. The molecule has 0 spiro atoms. The number of amides is 1. The van der Waals surface area contributed by atoms with E-state index in [1.807, 2.05) is 33.7 Å². The number of carbonyl (C=O) groups is 1. The zero-order valence-corrected chi connectivity index (χ0v) is 22.8. The Labute approximate surface area is 237 Å². The van der Waals surface area contributed by atoms with Crippen molar-refractivity contribution in [2.24, 2.45) is 7.05 Å². The molecule has 1 aliphatic rings. The number of piperazine rings is 1. The average molecular weight is 547 g/mol. The Hall–Kier alpha value is -5.09. The average Bonchev–Trinajstić information content (AvgIpc) is 3.37. The summed E-state index contributed by atoms with van der Waals surface area (Å²) in [5, 5.41) is 0. The summed E-state index contributed by atoms with van der Waals surface area (Å²) in [5.41, 5.74) is 11.9. The third-order valence-electron chi connectivity index (χ3n) is 7.42. The first-order chi connectivity index (χ1) is 19.9. The van der Waals surface area contributed by atoms with Crippen LogP contribution in [0.2, 0.25) is 0 Å². The van der Waals surface area contributed by atoms with Gasteiger partial charge in [-0.1, -0.05) is 18.7 Å². The number of aryl methyl sites for hydroxylation is 1. The van der Waals surface area contributed by atoms with Gasteiger partial charge in [-0.15, -0.1) is 0 Å². The molecule has 1 aromatic carbocycles. The van der Waals surface area contributed by atoms with E-state index in [-0.39, 0.29) is 11.5 Å². The van der Waals surface area contributed by atoms with Crippen LogP contribution >= 0.6 is 0 Å². The van der Waals surface area contributed by atoms with Crippen LogP contribution in [-0.2, 0) is 18.4 Å². The van der Waals surface area contributed by atoms with Gasteiger partial charge in [0.25, 0.3) is 0 Å². The maximum Gasteiger partial charge on any atom is 0.250 e. The van der Waals surface area contributed by atoms with Crippen LogP contribution in [0.15, 0.2) is 90.5 Å². The first-order valence-corrected chi connectivity index (χ1v) is 13.4. The molecule has 1 saturated heterocycles. The van der Waals surface area contributed by atoms with Crippen molar-refractivity contribution in [1.29, 1.82) is 0 Å². The van der Waals surface area contributed by atoms with Crippen molar-refractivity contribution in [3.05, 3.63) is 102 Å². The first kappa shape index (κ1) is 26.1. The number of rotatable bonds is 6. The van der Waals surface area contributed by atoms with Gasteiger partial charge in [0.05, 0.1) is 11.3 Å². The van der Waals surface area contributed by atoms with Crippen molar-refractivity contribution in [1.82, 2.24) is 33.9 Å². The third kappa shape index (κ3) is 5.12. The van der Waals surface area contributed by atoms with Gasteiger partial charge in [0, 0.05) is 69.5 Å². The van der Waals surface area contributed by atoms with Crippen molar-refractivity contribution >= 4 is 22.9 Å². The summed E-state index contributed by atoms with van der Waals surface area (Å²) in [6, 6.07) is 19.2. The van der Waals surface area contributed by atoms with Crippen molar-refractivity contribution in [2.75, 3.05) is 31.9 Å². The number of imidazole rings is 1. The molecule has 10 heteroatoms. The number of aromatic nitrogens is 5. The molecule has 0 unspecified atom stereocenters. The van der Waals surface area contributed by atoms with Crippen LogP contribution < -0.4 is 11.3 Å². The van der Waals surface area contributed by atoms with Crippen LogP contribution in [0.3, 0.4) is 0 Å². The van der Waals surface area contributed by atoms with E-state index < -0.39 is 0 Å². The summed E-state index contributed by atoms with van der Waals surface area (Å²) in [7, 11) is 1.72. The molecular weight excluding hydrogens is 516 g/mol. The van der Waals surface area contributed by atoms with Gasteiger partial charge in [0.15, 0.2) is 11.5 Å². The molecule has 5 aromatic rings. The number of nitrogens with zero attached hydrogens (tertiary/aromatic N) is 7. The number of benzene rings is 1. The highest BCUT2D eigenvalue weighted by molar-refractivity contribution is 5.87. The van der Waals surface area contributed by atoms with Gasteiger partial charge < -0.3 is 15.2 Å². The fourth-order valence-corrected chi connectivity index (χ4v) is 5.16. The molecule has 1 fully saturated rings. The van der Waals surface area contributed by atoms with Crippen LogP contribution in [-0.4, -0.2) is 66.0 Å². The molecule has 0 saturated carbocycles. The number of hydrogen-bond acceptors (Lipinski definition) is 7. The van der Waals surface area contributed by atoms with E-state index >= 15 is 0 Å². The topological polar surface area (TPSA) is 115 Å². The molecule has 2 N–H and O–H groups in total. The molecule has 0 aliphatic carbocycles. The molecule has 6 rings (SSSR count). The van der Waals surface area contributed by atoms with E-state index in [9.17, 15) is 9.59 Å². The van der Waals surface area contributed by atoms with E-state index in [0.29, 0.717) is 41.5 Å². The Morgan fingerprint density at radius 1 is 1.00 bits per heavy atom. The minimum atomic E-state index is -0.0820. The van der Waals surface area contributed by atoms with Gasteiger partial charge in [-0.2, -0.15) is 0 Å². The highest BCUT2D eigenvalue weighted by atomic mass is 16.2. The highest BCUT2D eigenvalue weighted by Crippen LogP contribution is 2.31. The molecule has 206 valence electrons. The Kier molecular flexibility index (Phi) is 6.90. The third-order valence-corrected chi connectivity index (χ3v) is 7.42. The van der Waals surface area contributed by atoms with Crippen molar-refractivity contribution < 1.29 is 4.79 Å². The molecule has 0 atom stereocenters. The Balaban J connectivity index is 1.37. The van der Waals surface area contributed by atoms with Gasteiger partial charge in [-0.25, -0.2) is 15.0 Å². The van der Waals surface area contributed by atoms with Crippen molar-refractivity contribution in [3.63, 3.8) is 0 Å². The summed E-state index contributed by atoms with van der Waals surface area (Å²) in [5.74, 6) is 1.01.